The van der Waals surface area contributed by atoms with Gasteiger partial charge in [-0.25, -0.2) is 14.6 Å². The Hall–Kier alpha value is -1.90. The summed E-state index contributed by atoms with van der Waals surface area (Å²) in [6, 6.07) is 7.11. The second-order valence-electron chi connectivity index (χ2n) is 8.24. The predicted molar refractivity (Wildman–Crippen MR) is 132 cm³/mol. The van der Waals surface area contributed by atoms with Crippen LogP contribution in [0.25, 0.3) is 0 Å². The summed E-state index contributed by atoms with van der Waals surface area (Å²) in [7, 11) is 0. The fourth-order valence-electron chi connectivity index (χ4n) is 3.17. The van der Waals surface area contributed by atoms with Gasteiger partial charge in [-0.05, 0) is 39.3 Å². The molecule has 182 valence electrons. The number of hydrazine groups is 1. The molecule has 34 heavy (non-hydrogen) atoms. The number of halogens is 5. The largest absolute Gasteiger partial charge is 0.442 e. The van der Waals surface area contributed by atoms with Crippen LogP contribution in [0.1, 0.15) is 33.6 Å². The fourth-order valence-corrected chi connectivity index (χ4v) is 4.37. The van der Waals surface area contributed by atoms with Gasteiger partial charge >= 0.3 is 12.1 Å². The molecule has 0 aliphatic carbocycles. The topological polar surface area (TPSA) is 76.2 Å². The van der Waals surface area contributed by atoms with Gasteiger partial charge in [0, 0.05) is 6.42 Å². The van der Waals surface area contributed by atoms with Crippen molar-refractivity contribution >= 4 is 81.7 Å². The quantitative estimate of drug-likeness (QED) is 0.169. The zero-order valence-corrected chi connectivity index (χ0v) is 22.0. The molecule has 1 heterocycles. The number of para-hydroxylation sites is 1. The summed E-state index contributed by atoms with van der Waals surface area (Å²) >= 11 is 30.4. The minimum atomic E-state index is -1.19. The Morgan fingerprint density at radius 1 is 0.941 bits per heavy atom. The lowest BCUT2D eigenvalue weighted by atomic mass is 10.2. The fraction of sp³-hybridized carbons (Fsp3) is 0.318. The predicted octanol–water partition coefficient (Wildman–Crippen LogP) is 7.21. The molecular formula is C22H19Cl5N2O5. The van der Waals surface area contributed by atoms with E-state index < -0.39 is 29.6 Å². The van der Waals surface area contributed by atoms with Crippen LogP contribution in [0.3, 0.4) is 0 Å². The highest BCUT2D eigenvalue weighted by Gasteiger charge is 2.45. The minimum absolute atomic E-state index is 0.0184. The molecule has 12 heteroatoms. The molecule has 0 N–H and O–H groups in total. The summed E-state index contributed by atoms with van der Waals surface area (Å²) < 4.78 is 10.9. The second kappa shape index (κ2) is 10.4. The van der Waals surface area contributed by atoms with Crippen molar-refractivity contribution < 1.29 is 23.9 Å². The lowest BCUT2D eigenvalue weighted by Crippen LogP contribution is -2.55. The van der Waals surface area contributed by atoms with Gasteiger partial charge in [-0.15, -0.1) is 0 Å². The molecule has 1 aliphatic rings. The molecule has 0 saturated carbocycles. The van der Waals surface area contributed by atoms with Crippen molar-refractivity contribution in [3.63, 3.8) is 0 Å². The number of hydrogen-bond donors (Lipinski definition) is 0. The zero-order valence-electron chi connectivity index (χ0n) is 18.2. The highest BCUT2D eigenvalue weighted by Crippen LogP contribution is 2.48. The number of anilines is 1. The molecule has 1 fully saturated rings. The van der Waals surface area contributed by atoms with Crippen LogP contribution >= 0.6 is 58.0 Å². The maximum Gasteiger partial charge on any atom is 0.434 e. The van der Waals surface area contributed by atoms with E-state index in [2.05, 4.69) is 0 Å². The molecule has 7 nitrogen and oxygen atoms in total. The number of amides is 2. The number of ether oxygens (including phenoxy) is 2. The number of rotatable bonds is 4. The van der Waals surface area contributed by atoms with Gasteiger partial charge in [-0.1, -0.05) is 76.2 Å². The van der Waals surface area contributed by atoms with E-state index in [1.54, 1.807) is 51.1 Å². The number of carbonyl (C=O) groups is 3. The third-order valence-electron chi connectivity index (χ3n) is 4.61. The van der Waals surface area contributed by atoms with Crippen LogP contribution in [-0.4, -0.2) is 34.6 Å². The third kappa shape index (κ3) is 5.50. The first-order valence-electron chi connectivity index (χ1n) is 9.96. The lowest BCUT2D eigenvalue weighted by Gasteiger charge is -2.36. The van der Waals surface area contributed by atoms with E-state index in [4.69, 9.17) is 67.5 Å². The minimum Gasteiger partial charge on any atom is -0.442 e. The summed E-state index contributed by atoms with van der Waals surface area (Å²) in [6.45, 7) is 5.05. The second-order valence-corrected chi connectivity index (χ2v) is 10.1. The van der Waals surface area contributed by atoms with E-state index in [9.17, 15) is 14.4 Å². The van der Waals surface area contributed by atoms with E-state index in [0.717, 1.165) is 10.0 Å². The normalized spacial score (nSPS) is 15.9. The molecule has 2 aromatic rings. The van der Waals surface area contributed by atoms with Gasteiger partial charge in [0.2, 0.25) is 5.91 Å². The number of benzene rings is 2. The van der Waals surface area contributed by atoms with Crippen LogP contribution in [0.5, 0.6) is 5.75 Å². The Morgan fingerprint density at radius 2 is 1.47 bits per heavy atom. The van der Waals surface area contributed by atoms with E-state index in [-0.39, 0.29) is 43.7 Å². The standard InChI is InChI=1S/C22H19Cl5N2O5/c1-22(2,3)34-21(32)28(11-7-5-4-6-8-11)29-12(9-10-13(29)30)20(31)33-19-17(26)15(24)14(23)16(25)18(19)27/h4-8,12H,9-10H2,1-3H3. The van der Waals surface area contributed by atoms with Crippen molar-refractivity contribution in [2.75, 3.05) is 5.01 Å². The first kappa shape index (κ1) is 26.7. The first-order chi connectivity index (χ1) is 15.8. The monoisotopic (exact) mass is 566 g/mol. The Kier molecular flexibility index (Phi) is 8.15. The van der Waals surface area contributed by atoms with Gasteiger partial charge in [0.05, 0.1) is 20.8 Å². The number of hydrogen-bond acceptors (Lipinski definition) is 5. The maximum atomic E-state index is 13.2. The summed E-state index contributed by atoms with van der Waals surface area (Å²) in [6.07, 6.45) is -0.802. The lowest BCUT2D eigenvalue weighted by molar-refractivity contribution is -0.144. The Bertz CT molecular complexity index is 1110. The third-order valence-corrected chi connectivity index (χ3v) is 6.85. The first-order valence-corrected chi connectivity index (χ1v) is 11.9. The average molecular weight is 569 g/mol. The summed E-state index contributed by atoms with van der Waals surface area (Å²) in [5.41, 5.74) is -0.542. The van der Waals surface area contributed by atoms with Crippen molar-refractivity contribution in [3.05, 3.63) is 55.4 Å². The van der Waals surface area contributed by atoms with Crippen molar-refractivity contribution in [3.8, 4) is 5.75 Å². The summed E-state index contributed by atoms with van der Waals surface area (Å²) in [5, 5.41) is 1.16. The molecule has 1 saturated heterocycles. The van der Waals surface area contributed by atoms with E-state index >= 15 is 0 Å². The molecule has 0 aromatic heterocycles. The number of esters is 1. The Balaban J connectivity index is 2.00. The highest BCUT2D eigenvalue weighted by atomic mass is 35.5. The zero-order chi connectivity index (χ0) is 25.4. The van der Waals surface area contributed by atoms with E-state index in [1.165, 1.54) is 0 Å². The number of carbonyl (C=O) groups excluding carboxylic acids is 3. The molecule has 2 aromatic carbocycles. The van der Waals surface area contributed by atoms with Crippen LogP contribution in [0, 0.1) is 0 Å². The smallest absolute Gasteiger partial charge is 0.434 e. The van der Waals surface area contributed by atoms with E-state index in [1.807, 2.05) is 0 Å². The number of nitrogens with zero attached hydrogens (tertiary/aromatic N) is 2. The van der Waals surface area contributed by atoms with Crippen LogP contribution in [0.15, 0.2) is 30.3 Å². The van der Waals surface area contributed by atoms with Crippen LogP contribution in [-0.2, 0) is 14.3 Å². The molecular weight excluding hydrogens is 550 g/mol. The molecule has 0 bridgehead atoms. The Morgan fingerprint density at radius 3 is 2.00 bits per heavy atom. The summed E-state index contributed by atoms with van der Waals surface area (Å²) in [4.78, 5) is 39.2. The molecule has 1 aliphatic heterocycles. The van der Waals surface area contributed by atoms with Crippen molar-refractivity contribution in [1.29, 1.82) is 0 Å². The Labute approximate surface area is 221 Å². The summed E-state index contributed by atoms with van der Waals surface area (Å²) in [5.74, 6) is -1.70. The molecule has 3 rings (SSSR count). The molecule has 1 unspecified atom stereocenters. The van der Waals surface area contributed by atoms with Crippen molar-refractivity contribution in [1.82, 2.24) is 5.01 Å². The highest BCUT2D eigenvalue weighted by molar-refractivity contribution is 6.55. The molecule has 1 atom stereocenters. The molecule has 2 amide bonds. The van der Waals surface area contributed by atoms with Gasteiger partial charge in [0.1, 0.15) is 15.6 Å². The molecule has 0 radical (unpaired) electrons. The van der Waals surface area contributed by atoms with Gasteiger partial charge in [-0.3, -0.25) is 4.79 Å². The van der Waals surface area contributed by atoms with Gasteiger partial charge in [-0.2, -0.15) is 5.01 Å². The van der Waals surface area contributed by atoms with Crippen molar-refractivity contribution in [2.24, 2.45) is 0 Å². The van der Waals surface area contributed by atoms with Gasteiger partial charge < -0.3 is 9.47 Å². The molecule has 0 spiro atoms. The maximum absolute atomic E-state index is 13.2. The van der Waals surface area contributed by atoms with Crippen LogP contribution < -0.4 is 9.75 Å². The van der Waals surface area contributed by atoms with Crippen molar-refractivity contribution in [2.45, 2.75) is 45.3 Å². The van der Waals surface area contributed by atoms with Gasteiger partial charge in [0.15, 0.2) is 11.8 Å². The van der Waals surface area contributed by atoms with Crippen LogP contribution in [0.2, 0.25) is 25.1 Å². The van der Waals surface area contributed by atoms with Crippen LogP contribution in [0.4, 0.5) is 10.5 Å². The van der Waals surface area contributed by atoms with E-state index in [0.29, 0.717) is 5.69 Å². The SMILES string of the molecule is CC(C)(C)OC(=O)N(c1ccccc1)N1C(=O)CCC1C(=O)Oc1c(Cl)c(Cl)c(Cl)c(Cl)c1Cl. The van der Waals surface area contributed by atoms with Gasteiger partial charge in [0.25, 0.3) is 0 Å². The average Bonchev–Trinajstić information content (AvgIpc) is 3.14.